The molecule has 1 fully saturated rings. The Bertz CT molecular complexity index is 1450. The fourth-order valence-electron chi connectivity index (χ4n) is 4.17. The molecular weight excluding hydrogens is 484 g/mol. The molecule has 1 saturated heterocycles. The van der Waals surface area contributed by atoms with Crippen LogP contribution in [-0.2, 0) is 0 Å². The number of hydrogen-bond donors (Lipinski definition) is 2. The summed E-state index contributed by atoms with van der Waals surface area (Å²) in [7, 11) is 0. The minimum absolute atomic E-state index is 0.0105. The number of aromatic nitrogens is 3. The van der Waals surface area contributed by atoms with E-state index >= 15 is 0 Å². The van der Waals surface area contributed by atoms with E-state index in [1.165, 1.54) is 16.7 Å². The Kier molecular flexibility index (Phi) is 7.55. The molecule has 0 amide bonds. The molecule has 0 saturated carbocycles. The largest absolute Gasteiger partial charge is 0.466 e. The number of nitriles is 2. The highest BCUT2D eigenvalue weighted by Gasteiger charge is 2.24. The first-order valence-electron chi connectivity index (χ1n) is 11.4. The Morgan fingerprint density at radius 2 is 2.00 bits per heavy atom. The smallest absolute Gasteiger partial charge is 0.201 e. The number of aliphatic hydroxyl groups excluding tert-OH is 1. The number of pyridine rings is 2. The van der Waals surface area contributed by atoms with E-state index in [1.807, 2.05) is 6.07 Å². The van der Waals surface area contributed by atoms with Gasteiger partial charge in [-0.15, -0.1) is 0 Å². The van der Waals surface area contributed by atoms with Crippen molar-refractivity contribution in [1.82, 2.24) is 19.3 Å². The number of ether oxygens (including phenoxy) is 1. The van der Waals surface area contributed by atoms with Gasteiger partial charge >= 0.3 is 0 Å². The fraction of sp³-hybridized carbons (Fsp3) is 0.333. The Morgan fingerprint density at radius 3 is 2.62 bits per heavy atom. The van der Waals surface area contributed by atoms with Gasteiger partial charge in [0.2, 0.25) is 5.88 Å². The summed E-state index contributed by atoms with van der Waals surface area (Å²) < 4.78 is 35.0. The first kappa shape index (κ1) is 25.5. The number of likely N-dealkylation sites (tertiary alicyclic amines) is 1. The number of nitrogens with zero attached hydrogens (tertiary/aromatic N) is 8. The topological polar surface area (TPSA) is 161 Å². The van der Waals surface area contributed by atoms with Crippen LogP contribution in [0, 0.1) is 34.4 Å². The average molecular weight is 508 g/mol. The Labute approximate surface area is 210 Å². The van der Waals surface area contributed by atoms with Gasteiger partial charge in [0.25, 0.3) is 0 Å². The van der Waals surface area contributed by atoms with Crippen LogP contribution in [0.4, 0.5) is 8.78 Å². The van der Waals surface area contributed by atoms with Crippen LogP contribution in [0.5, 0.6) is 5.88 Å². The lowest BCUT2D eigenvalue weighted by Crippen LogP contribution is -2.32. The Hall–Kier alpha value is -4.62. The number of aliphatic imine (C=N–C) groups is 1. The molecule has 4 rings (SSSR count). The molecule has 0 aromatic carbocycles. The van der Waals surface area contributed by atoms with E-state index in [1.54, 1.807) is 17.9 Å². The molecule has 3 aromatic rings. The van der Waals surface area contributed by atoms with E-state index in [4.69, 9.17) is 20.8 Å². The monoisotopic (exact) mass is 507 g/mol. The quantitative estimate of drug-likeness (QED) is 0.213. The SMILES string of the molecule is CC(=NC1CCN(C#N)CC1)/C(=N\N)c1cc(OC(CO)c2ncc(F)cc2F)n2c(C#N)cnc2c1. The predicted molar refractivity (Wildman–Crippen MR) is 129 cm³/mol. The van der Waals surface area contributed by atoms with Crippen LogP contribution >= 0.6 is 0 Å². The maximum Gasteiger partial charge on any atom is 0.201 e. The molecule has 1 atom stereocenters. The van der Waals surface area contributed by atoms with E-state index in [-0.39, 0.29) is 23.3 Å². The minimum Gasteiger partial charge on any atom is -0.466 e. The molecule has 11 nitrogen and oxygen atoms in total. The molecular formula is C24H23F2N9O2. The van der Waals surface area contributed by atoms with Gasteiger partial charge in [-0.1, -0.05) is 0 Å². The number of fused-ring (bicyclic) bond motifs is 1. The van der Waals surface area contributed by atoms with E-state index in [2.05, 4.69) is 21.3 Å². The molecule has 1 aliphatic heterocycles. The number of imidazole rings is 1. The van der Waals surface area contributed by atoms with Crippen LogP contribution in [0.25, 0.3) is 5.65 Å². The second-order valence-corrected chi connectivity index (χ2v) is 8.35. The highest BCUT2D eigenvalue weighted by molar-refractivity contribution is 6.47. The predicted octanol–water partition coefficient (Wildman–Crippen LogP) is 2.06. The maximum atomic E-state index is 14.4. The van der Waals surface area contributed by atoms with Crippen LogP contribution in [0.1, 0.15) is 42.8 Å². The molecule has 3 N–H and O–H groups in total. The van der Waals surface area contributed by atoms with Crippen LogP contribution in [0.3, 0.4) is 0 Å². The number of piperidine rings is 1. The summed E-state index contributed by atoms with van der Waals surface area (Å²) in [5, 5.41) is 32.4. The van der Waals surface area contributed by atoms with Gasteiger partial charge in [0, 0.05) is 30.8 Å². The van der Waals surface area contributed by atoms with Gasteiger partial charge in [0.1, 0.15) is 34.6 Å². The number of aliphatic hydroxyl groups is 1. The molecule has 37 heavy (non-hydrogen) atoms. The molecule has 190 valence electrons. The number of rotatable bonds is 7. The van der Waals surface area contributed by atoms with Crippen molar-refractivity contribution in [2.75, 3.05) is 19.7 Å². The number of hydrogen-bond acceptors (Lipinski definition) is 10. The van der Waals surface area contributed by atoms with Crippen LogP contribution in [-0.4, -0.2) is 61.5 Å². The van der Waals surface area contributed by atoms with Crippen molar-refractivity contribution in [3.8, 4) is 18.1 Å². The van der Waals surface area contributed by atoms with E-state index in [9.17, 15) is 19.1 Å². The second kappa shape index (κ2) is 11.0. The molecule has 0 radical (unpaired) electrons. The molecule has 1 unspecified atom stereocenters. The normalized spacial score (nSPS) is 15.9. The highest BCUT2D eigenvalue weighted by atomic mass is 19.1. The third-order valence-corrected chi connectivity index (χ3v) is 5.99. The first-order chi connectivity index (χ1) is 17.9. The summed E-state index contributed by atoms with van der Waals surface area (Å²) >= 11 is 0. The number of nitrogens with two attached hydrogens (primary N) is 1. The molecule has 3 aromatic heterocycles. The first-order valence-corrected chi connectivity index (χ1v) is 11.4. The van der Waals surface area contributed by atoms with Crippen LogP contribution < -0.4 is 10.6 Å². The Morgan fingerprint density at radius 1 is 1.24 bits per heavy atom. The van der Waals surface area contributed by atoms with Gasteiger partial charge in [0.05, 0.1) is 30.8 Å². The van der Waals surface area contributed by atoms with Gasteiger partial charge in [-0.25, -0.2) is 13.8 Å². The van der Waals surface area contributed by atoms with Crippen LogP contribution in [0.15, 0.2) is 40.7 Å². The summed E-state index contributed by atoms with van der Waals surface area (Å²) in [6, 6.07) is 5.78. The zero-order valence-corrected chi connectivity index (χ0v) is 19.8. The van der Waals surface area contributed by atoms with Crippen molar-refractivity contribution in [3.63, 3.8) is 0 Å². The molecule has 0 aliphatic carbocycles. The van der Waals surface area contributed by atoms with Gasteiger partial charge in [0.15, 0.2) is 18.1 Å². The van der Waals surface area contributed by atoms with E-state index in [0.29, 0.717) is 54.6 Å². The summed E-state index contributed by atoms with van der Waals surface area (Å²) in [5.74, 6) is 3.90. The lowest BCUT2D eigenvalue weighted by atomic mass is 10.0. The third kappa shape index (κ3) is 5.32. The standard InChI is InChI=1S/C24H23F2N9O2/c1-14(32-17-2-4-34(13-28)5-3-17)23(33-29)15-6-21-30-11-18(9-27)35(21)22(7-15)37-20(12-36)24-19(26)8-16(25)10-31-24/h6-8,10-11,17,20,36H,2-5,12,29H2,1H3/b32-14?,33-23+. The average Bonchev–Trinajstić information content (AvgIpc) is 3.32. The molecule has 1 aliphatic rings. The summed E-state index contributed by atoms with van der Waals surface area (Å²) in [6.45, 7) is 2.29. The highest BCUT2D eigenvalue weighted by Crippen LogP contribution is 2.27. The molecule has 0 bridgehead atoms. The van der Waals surface area contributed by atoms with Crippen molar-refractivity contribution in [2.45, 2.75) is 31.9 Å². The Balaban J connectivity index is 1.72. The summed E-state index contributed by atoms with van der Waals surface area (Å²) in [4.78, 5) is 14.4. The second-order valence-electron chi connectivity index (χ2n) is 8.35. The third-order valence-electron chi connectivity index (χ3n) is 5.99. The lowest BCUT2D eigenvalue weighted by molar-refractivity contribution is 0.104. The number of hydrazone groups is 1. The van der Waals surface area contributed by atoms with Crippen molar-refractivity contribution < 1.29 is 18.6 Å². The van der Waals surface area contributed by atoms with Crippen molar-refractivity contribution in [3.05, 3.63) is 59.2 Å². The minimum atomic E-state index is -1.31. The summed E-state index contributed by atoms with van der Waals surface area (Å²) in [6.07, 6.45) is 4.38. The van der Waals surface area contributed by atoms with Crippen molar-refractivity contribution in [2.24, 2.45) is 15.9 Å². The fourth-order valence-corrected chi connectivity index (χ4v) is 4.17. The van der Waals surface area contributed by atoms with Crippen LogP contribution in [0.2, 0.25) is 0 Å². The lowest BCUT2D eigenvalue weighted by Gasteiger charge is -2.26. The molecule has 13 heteroatoms. The molecule has 4 heterocycles. The van der Waals surface area contributed by atoms with Gasteiger partial charge in [-0.05, 0) is 25.8 Å². The van der Waals surface area contributed by atoms with Crippen molar-refractivity contribution in [1.29, 1.82) is 10.5 Å². The number of halogens is 2. The van der Waals surface area contributed by atoms with Gasteiger partial charge in [-0.2, -0.15) is 15.6 Å². The zero-order chi connectivity index (χ0) is 26.5. The van der Waals surface area contributed by atoms with Gasteiger partial charge in [-0.3, -0.25) is 14.4 Å². The summed E-state index contributed by atoms with van der Waals surface area (Å²) in [5.41, 5.74) is 1.47. The van der Waals surface area contributed by atoms with Crippen molar-refractivity contribution >= 4 is 17.1 Å². The van der Waals surface area contributed by atoms with Gasteiger partial charge < -0.3 is 20.6 Å². The molecule has 0 spiro atoms. The van der Waals surface area contributed by atoms with E-state index in [0.717, 1.165) is 6.20 Å². The maximum absolute atomic E-state index is 14.4. The zero-order valence-electron chi connectivity index (χ0n) is 19.8. The van der Waals surface area contributed by atoms with E-state index < -0.39 is 24.3 Å².